The lowest BCUT2D eigenvalue weighted by molar-refractivity contribution is 0.198. The average Bonchev–Trinajstić information content (AvgIpc) is 2.59. The van der Waals surface area contributed by atoms with E-state index in [2.05, 4.69) is 26.9 Å². The lowest BCUT2D eigenvalue weighted by Gasteiger charge is -2.36. The van der Waals surface area contributed by atoms with Crippen LogP contribution in [0.2, 0.25) is 0 Å². The molecule has 120 valence electrons. The van der Waals surface area contributed by atoms with Gasteiger partial charge in [-0.05, 0) is 18.2 Å². The van der Waals surface area contributed by atoms with Gasteiger partial charge in [0, 0.05) is 24.8 Å². The van der Waals surface area contributed by atoms with Gasteiger partial charge in [0.25, 0.3) is 0 Å². The topological polar surface area (TPSA) is 28.6 Å². The molecule has 2 heterocycles. The lowest BCUT2D eigenvalue weighted by Crippen LogP contribution is -2.44. The molecule has 4 nitrogen and oxygen atoms in total. The molecule has 1 saturated heterocycles. The zero-order chi connectivity index (χ0) is 16.1. The second-order valence-corrected chi connectivity index (χ2v) is 6.92. The molecule has 6 heteroatoms. The Morgan fingerprint density at radius 2 is 2.00 bits per heavy atom. The fraction of sp³-hybridized carbons (Fsp3) is 0.294. The number of pyridine rings is 1. The van der Waals surface area contributed by atoms with Gasteiger partial charge >= 0.3 is 0 Å². The zero-order valence-electron chi connectivity index (χ0n) is 13.0. The first-order chi connectivity index (χ1) is 11.3. The molecule has 1 aliphatic rings. The largest absolute Gasteiger partial charge is 0.496 e. The highest BCUT2D eigenvalue weighted by Gasteiger charge is 2.22. The summed E-state index contributed by atoms with van der Waals surface area (Å²) in [6, 6.07) is 14.1. The SMILES string of the molecule is COc1ccccc1CN1CN(Cc2ccccn2)CSC1=S. The fourth-order valence-corrected chi connectivity index (χ4v) is 3.60. The minimum atomic E-state index is 0.758. The number of thiocarbonyl (C=S) groups is 1. The first-order valence-corrected chi connectivity index (χ1v) is 8.81. The summed E-state index contributed by atoms with van der Waals surface area (Å²) < 4.78 is 6.38. The standard InChI is InChI=1S/C17H19N3OS2/c1-21-16-8-3-2-6-14(16)10-20-12-19(13-23-17(20)22)11-15-7-4-5-9-18-15/h2-9H,10-13H2,1H3. The molecule has 0 aliphatic carbocycles. The Hall–Kier alpha value is -1.63. The quantitative estimate of drug-likeness (QED) is 0.772. The van der Waals surface area contributed by atoms with Gasteiger partial charge in [-0.15, -0.1) is 0 Å². The molecule has 1 aliphatic heterocycles. The van der Waals surface area contributed by atoms with E-state index in [4.69, 9.17) is 17.0 Å². The summed E-state index contributed by atoms with van der Waals surface area (Å²) in [6.07, 6.45) is 1.84. The van der Waals surface area contributed by atoms with Crippen molar-refractivity contribution in [2.75, 3.05) is 19.7 Å². The van der Waals surface area contributed by atoms with Crippen molar-refractivity contribution in [3.05, 3.63) is 59.9 Å². The van der Waals surface area contributed by atoms with E-state index in [9.17, 15) is 0 Å². The van der Waals surface area contributed by atoms with Crippen LogP contribution in [0.4, 0.5) is 0 Å². The predicted molar refractivity (Wildman–Crippen MR) is 98.2 cm³/mol. The van der Waals surface area contributed by atoms with E-state index in [0.717, 1.165) is 47.0 Å². The van der Waals surface area contributed by atoms with Crippen LogP contribution in [-0.4, -0.2) is 38.8 Å². The minimum Gasteiger partial charge on any atom is -0.496 e. The number of aromatic nitrogens is 1. The van der Waals surface area contributed by atoms with Gasteiger partial charge in [0.2, 0.25) is 0 Å². The van der Waals surface area contributed by atoms with E-state index in [0.29, 0.717) is 0 Å². The van der Waals surface area contributed by atoms with Crippen molar-refractivity contribution in [1.82, 2.24) is 14.8 Å². The molecule has 1 aromatic heterocycles. The summed E-state index contributed by atoms with van der Waals surface area (Å²) in [6.45, 7) is 2.40. The van der Waals surface area contributed by atoms with Crippen LogP contribution in [0.15, 0.2) is 48.7 Å². The predicted octanol–water partition coefficient (Wildman–Crippen LogP) is 3.34. The molecule has 1 fully saturated rings. The van der Waals surface area contributed by atoms with Crippen LogP contribution in [0.25, 0.3) is 0 Å². The fourth-order valence-electron chi connectivity index (χ4n) is 2.55. The van der Waals surface area contributed by atoms with Crippen LogP contribution in [0, 0.1) is 0 Å². The van der Waals surface area contributed by atoms with Gasteiger partial charge in [-0.2, -0.15) is 0 Å². The Kier molecular flexibility index (Phi) is 5.48. The number of hydrogen-bond acceptors (Lipinski definition) is 5. The van der Waals surface area contributed by atoms with Crippen LogP contribution in [-0.2, 0) is 13.1 Å². The number of rotatable bonds is 5. The summed E-state index contributed by atoms with van der Waals surface area (Å²) >= 11 is 7.23. The third kappa shape index (κ3) is 4.22. The van der Waals surface area contributed by atoms with Crippen LogP contribution < -0.4 is 4.74 Å². The molecule has 2 aromatic rings. The number of methoxy groups -OCH3 is 1. The number of benzene rings is 1. The van der Waals surface area contributed by atoms with E-state index in [1.165, 1.54) is 0 Å². The van der Waals surface area contributed by atoms with Crippen molar-refractivity contribution in [3.63, 3.8) is 0 Å². The third-order valence-corrected chi connectivity index (χ3v) is 5.28. The maximum atomic E-state index is 5.53. The van der Waals surface area contributed by atoms with Crippen molar-refractivity contribution >= 4 is 28.3 Å². The Labute approximate surface area is 146 Å². The summed E-state index contributed by atoms with van der Waals surface area (Å²) in [5.74, 6) is 1.81. The molecule has 0 N–H and O–H groups in total. The normalized spacial score (nSPS) is 15.7. The molecule has 3 rings (SSSR count). The molecule has 0 saturated carbocycles. The molecule has 23 heavy (non-hydrogen) atoms. The first kappa shape index (κ1) is 16.2. The van der Waals surface area contributed by atoms with E-state index in [1.807, 2.05) is 36.5 Å². The van der Waals surface area contributed by atoms with Gasteiger partial charge < -0.3 is 9.64 Å². The highest BCUT2D eigenvalue weighted by molar-refractivity contribution is 8.22. The van der Waals surface area contributed by atoms with E-state index < -0.39 is 0 Å². The van der Waals surface area contributed by atoms with Crippen molar-refractivity contribution in [1.29, 1.82) is 0 Å². The Morgan fingerprint density at radius 1 is 1.17 bits per heavy atom. The summed E-state index contributed by atoms with van der Waals surface area (Å²) in [5, 5.41) is 0. The zero-order valence-corrected chi connectivity index (χ0v) is 14.6. The first-order valence-electron chi connectivity index (χ1n) is 7.42. The molecule has 0 spiro atoms. The van der Waals surface area contributed by atoms with E-state index >= 15 is 0 Å². The third-order valence-electron chi connectivity index (χ3n) is 3.66. The van der Waals surface area contributed by atoms with Crippen LogP contribution in [0.3, 0.4) is 0 Å². The van der Waals surface area contributed by atoms with Crippen molar-refractivity contribution in [2.24, 2.45) is 0 Å². The number of nitrogens with zero attached hydrogens (tertiary/aromatic N) is 3. The van der Waals surface area contributed by atoms with Gasteiger partial charge in [0.15, 0.2) is 0 Å². The summed E-state index contributed by atoms with van der Waals surface area (Å²) in [7, 11) is 1.70. The molecule has 0 radical (unpaired) electrons. The highest BCUT2D eigenvalue weighted by Crippen LogP contribution is 2.25. The molecule has 1 aromatic carbocycles. The van der Waals surface area contributed by atoms with Gasteiger partial charge in [-0.3, -0.25) is 9.88 Å². The Morgan fingerprint density at radius 3 is 2.78 bits per heavy atom. The smallest absolute Gasteiger partial charge is 0.138 e. The minimum absolute atomic E-state index is 0.758. The highest BCUT2D eigenvalue weighted by atomic mass is 32.2. The number of para-hydroxylation sites is 1. The van der Waals surface area contributed by atoms with Crippen molar-refractivity contribution in [2.45, 2.75) is 13.1 Å². The summed E-state index contributed by atoms with van der Waals surface area (Å²) in [5.41, 5.74) is 2.23. The molecule has 0 atom stereocenters. The molecule has 0 amide bonds. The van der Waals surface area contributed by atoms with Crippen LogP contribution in [0.5, 0.6) is 5.75 Å². The second-order valence-electron chi connectivity index (χ2n) is 5.34. The van der Waals surface area contributed by atoms with Crippen molar-refractivity contribution in [3.8, 4) is 5.75 Å². The van der Waals surface area contributed by atoms with Gasteiger partial charge in [-0.25, -0.2) is 0 Å². The maximum Gasteiger partial charge on any atom is 0.138 e. The van der Waals surface area contributed by atoms with Gasteiger partial charge in [-0.1, -0.05) is 48.2 Å². The second kappa shape index (κ2) is 7.77. The average molecular weight is 345 g/mol. The van der Waals surface area contributed by atoms with E-state index in [-0.39, 0.29) is 0 Å². The summed E-state index contributed by atoms with van der Waals surface area (Å²) in [4.78, 5) is 8.96. The van der Waals surface area contributed by atoms with Crippen LogP contribution in [0.1, 0.15) is 11.3 Å². The van der Waals surface area contributed by atoms with Crippen LogP contribution >= 0.6 is 24.0 Å². The van der Waals surface area contributed by atoms with Gasteiger partial charge in [0.05, 0.1) is 25.3 Å². The maximum absolute atomic E-state index is 5.53. The van der Waals surface area contributed by atoms with E-state index in [1.54, 1.807) is 18.9 Å². The number of hydrogen-bond donors (Lipinski definition) is 0. The monoisotopic (exact) mass is 345 g/mol. The molecular weight excluding hydrogens is 326 g/mol. The molecule has 0 unspecified atom stereocenters. The van der Waals surface area contributed by atoms with Crippen molar-refractivity contribution < 1.29 is 4.74 Å². The number of thioether (sulfide) groups is 1. The Bertz CT molecular complexity index is 666. The Balaban J connectivity index is 1.67. The lowest BCUT2D eigenvalue weighted by atomic mass is 10.2. The van der Waals surface area contributed by atoms with Gasteiger partial charge in [0.1, 0.15) is 10.1 Å². The molecular formula is C17H19N3OS2. The molecule has 0 bridgehead atoms. The number of ether oxygens (including phenoxy) is 1.